The standard InChI is InChI=1S/C18H19ClN2O3S/c19-17-4-2-1-3-14(17)12-25(23,24)21-16-7-5-13(6-8-16)11-18(22)20-15-9-10-15/h1-8,15,21H,9-12H2,(H,20,22). The first-order valence-electron chi connectivity index (χ1n) is 8.03. The van der Waals surface area contributed by atoms with Gasteiger partial charge in [0.25, 0.3) is 0 Å². The predicted molar refractivity (Wildman–Crippen MR) is 99.0 cm³/mol. The molecule has 1 saturated carbocycles. The van der Waals surface area contributed by atoms with Gasteiger partial charge >= 0.3 is 0 Å². The van der Waals surface area contributed by atoms with E-state index in [0.29, 0.717) is 28.7 Å². The number of anilines is 1. The molecule has 7 heteroatoms. The Morgan fingerprint density at radius 1 is 1.08 bits per heavy atom. The summed E-state index contributed by atoms with van der Waals surface area (Å²) >= 11 is 6.01. The number of hydrogen-bond acceptors (Lipinski definition) is 3. The summed E-state index contributed by atoms with van der Waals surface area (Å²) in [5.41, 5.74) is 1.84. The summed E-state index contributed by atoms with van der Waals surface area (Å²) in [5, 5.41) is 3.35. The minimum Gasteiger partial charge on any atom is -0.353 e. The summed E-state index contributed by atoms with van der Waals surface area (Å²) in [6.45, 7) is 0. The monoisotopic (exact) mass is 378 g/mol. The van der Waals surface area contributed by atoms with Gasteiger partial charge in [0.2, 0.25) is 15.9 Å². The molecule has 1 fully saturated rings. The lowest BCUT2D eigenvalue weighted by Gasteiger charge is -2.10. The molecule has 3 rings (SSSR count). The summed E-state index contributed by atoms with van der Waals surface area (Å²) in [6.07, 6.45) is 2.40. The fraction of sp³-hybridized carbons (Fsp3) is 0.278. The van der Waals surface area contributed by atoms with Crippen LogP contribution in [0.25, 0.3) is 0 Å². The van der Waals surface area contributed by atoms with Crippen LogP contribution in [0.1, 0.15) is 24.0 Å². The Labute approximate surface area is 152 Å². The zero-order chi connectivity index (χ0) is 17.9. The highest BCUT2D eigenvalue weighted by Gasteiger charge is 2.23. The van der Waals surface area contributed by atoms with Crippen molar-refractivity contribution in [1.82, 2.24) is 5.32 Å². The van der Waals surface area contributed by atoms with E-state index in [1.165, 1.54) is 0 Å². The predicted octanol–water partition coefficient (Wildman–Crippen LogP) is 3.10. The van der Waals surface area contributed by atoms with Crippen molar-refractivity contribution in [2.24, 2.45) is 0 Å². The molecule has 0 bridgehead atoms. The minimum atomic E-state index is -3.57. The highest BCUT2D eigenvalue weighted by atomic mass is 35.5. The van der Waals surface area contributed by atoms with Crippen LogP contribution in [0.2, 0.25) is 5.02 Å². The van der Waals surface area contributed by atoms with E-state index in [-0.39, 0.29) is 11.7 Å². The molecule has 0 aliphatic heterocycles. The highest BCUT2D eigenvalue weighted by Crippen LogP contribution is 2.20. The van der Waals surface area contributed by atoms with E-state index in [4.69, 9.17) is 11.6 Å². The van der Waals surface area contributed by atoms with Crippen molar-refractivity contribution in [3.8, 4) is 0 Å². The van der Waals surface area contributed by atoms with E-state index >= 15 is 0 Å². The molecule has 0 unspecified atom stereocenters. The lowest BCUT2D eigenvalue weighted by Crippen LogP contribution is -2.26. The molecule has 0 saturated heterocycles. The van der Waals surface area contributed by atoms with Crippen molar-refractivity contribution >= 4 is 33.2 Å². The lowest BCUT2D eigenvalue weighted by molar-refractivity contribution is -0.120. The number of halogens is 1. The third-order valence-electron chi connectivity index (χ3n) is 3.84. The summed E-state index contributed by atoms with van der Waals surface area (Å²) in [6, 6.07) is 14.0. The van der Waals surface area contributed by atoms with Gasteiger partial charge in [-0.25, -0.2) is 8.42 Å². The molecule has 132 valence electrons. The maximum atomic E-state index is 12.3. The van der Waals surface area contributed by atoms with Crippen LogP contribution in [0, 0.1) is 0 Å². The van der Waals surface area contributed by atoms with Gasteiger partial charge in [-0.2, -0.15) is 0 Å². The Morgan fingerprint density at radius 2 is 1.76 bits per heavy atom. The fourth-order valence-electron chi connectivity index (χ4n) is 2.42. The largest absolute Gasteiger partial charge is 0.353 e. The molecular weight excluding hydrogens is 360 g/mol. The minimum absolute atomic E-state index is 0.00505. The van der Waals surface area contributed by atoms with Gasteiger partial charge in [0.1, 0.15) is 0 Å². The molecule has 1 aliphatic carbocycles. The summed E-state index contributed by atoms with van der Waals surface area (Å²) in [5.74, 6) is -0.201. The smallest absolute Gasteiger partial charge is 0.236 e. The van der Waals surface area contributed by atoms with Crippen LogP contribution in [-0.4, -0.2) is 20.4 Å². The topological polar surface area (TPSA) is 75.3 Å². The van der Waals surface area contributed by atoms with Crippen molar-refractivity contribution in [1.29, 1.82) is 0 Å². The number of benzene rings is 2. The van der Waals surface area contributed by atoms with Crippen LogP contribution in [-0.2, 0) is 27.0 Å². The second-order valence-corrected chi connectivity index (χ2v) is 8.30. The Balaban J connectivity index is 1.60. The Kier molecular flexibility index (Phi) is 5.30. The fourth-order valence-corrected chi connectivity index (χ4v) is 3.93. The number of rotatable bonds is 7. The summed E-state index contributed by atoms with van der Waals surface area (Å²) in [4.78, 5) is 11.8. The van der Waals surface area contributed by atoms with E-state index in [1.807, 2.05) is 0 Å². The van der Waals surface area contributed by atoms with Crippen molar-refractivity contribution in [2.45, 2.75) is 31.1 Å². The van der Waals surface area contributed by atoms with Crippen LogP contribution >= 0.6 is 11.6 Å². The SMILES string of the molecule is O=C(Cc1ccc(NS(=O)(=O)Cc2ccccc2Cl)cc1)NC1CC1. The van der Waals surface area contributed by atoms with Gasteiger partial charge in [0.15, 0.2) is 0 Å². The van der Waals surface area contributed by atoms with E-state index in [9.17, 15) is 13.2 Å². The van der Waals surface area contributed by atoms with E-state index < -0.39 is 10.0 Å². The van der Waals surface area contributed by atoms with Gasteiger partial charge in [-0.3, -0.25) is 9.52 Å². The molecule has 2 N–H and O–H groups in total. The van der Waals surface area contributed by atoms with Crippen LogP contribution in [0.3, 0.4) is 0 Å². The van der Waals surface area contributed by atoms with Crippen LogP contribution in [0.15, 0.2) is 48.5 Å². The lowest BCUT2D eigenvalue weighted by atomic mass is 10.1. The molecule has 2 aromatic carbocycles. The highest BCUT2D eigenvalue weighted by molar-refractivity contribution is 7.91. The molecule has 0 heterocycles. The maximum Gasteiger partial charge on any atom is 0.236 e. The van der Waals surface area contributed by atoms with Crippen LogP contribution in [0.5, 0.6) is 0 Å². The summed E-state index contributed by atoms with van der Waals surface area (Å²) < 4.78 is 27.1. The van der Waals surface area contributed by atoms with Gasteiger partial charge in [-0.15, -0.1) is 0 Å². The molecular formula is C18H19ClN2O3S. The average Bonchev–Trinajstić information content (AvgIpc) is 3.35. The van der Waals surface area contributed by atoms with E-state index in [2.05, 4.69) is 10.0 Å². The molecule has 0 radical (unpaired) electrons. The van der Waals surface area contributed by atoms with Gasteiger partial charge in [0, 0.05) is 16.8 Å². The second-order valence-electron chi connectivity index (χ2n) is 6.17. The van der Waals surface area contributed by atoms with Crippen molar-refractivity contribution < 1.29 is 13.2 Å². The quantitative estimate of drug-likeness (QED) is 0.777. The van der Waals surface area contributed by atoms with Crippen LogP contribution < -0.4 is 10.0 Å². The number of amides is 1. The van der Waals surface area contributed by atoms with Crippen molar-refractivity contribution in [3.05, 3.63) is 64.7 Å². The van der Waals surface area contributed by atoms with Gasteiger partial charge in [-0.05, 0) is 42.2 Å². The number of nitrogens with one attached hydrogen (secondary N) is 2. The van der Waals surface area contributed by atoms with Crippen molar-refractivity contribution in [3.63, 3.8) is 0 Å². The van der Waals surface area contributed by atoms with Crippen LogP contribution in [0.4, 0.5) is 5.69 Å². The molecule has 0 atom stereocenters. The zero-order valence-corrected chi connectivity index (χ0v) is 15.1. The van der Waals surface area contributed by atoms with E-state index in [1.54, 1.807) is 48.5 Å². The first-order chi connectivity index (χ1) is 11.9. The molecule has 5 nitrogen and oxygen atoms in total. The average molecular weight is 379 g/mol. The van der Waals surface area contributed by atoms with Gasteiger partial charge in [0.05, 0.1) is 12.2 Å². The second kappa shape index (κ2) is 7.45. The molecule has 1 amide bonds. The maximum absolute atomic E-state index is 12.3. The Bertz CT molecular complexity index is 862. The number of hydrogen-bond donors (Lipinski definition) is 2. The number of carbonyl (C=O) groups excluding carboxylic acids is 1. The first-order valence-corrected chi connectivity index (χ1v) is 10.1. The number of carbonyl (C=O) groups is 1. The first kappa shape index (κ1) is 17.8. The molecule has 0 aromatic heterocycles. The Morgan fingerprint density at radius 3 is 2.40 bits per heavy atom. The zero-order valence-electron chi connectivity index (χ0n) is 13.5. The third-order valence-corrected chi connectivity index (χ3v) is 5.44. The van der Waals surface area contributed by atoms with Gasteiger partial charge < -0.3 is 5.32 Å². The normalized spacial score (nSPS) is 14.1. The molecule has 1 aliphatic rings. The number of sulfonamides is 1. The van der Waals surface area contributed by atoms with Crippen molar-refractivity contribution in [2.75, 3.05) is 4.72 Å². The summed E-state index contributed by atoms with van der Waals surface area (Å²) in [7, 11) is -3.57. The Hall–Kier alpha value is -2.05. The molecule has 25 heavy (non-hydrogen) atoms. The molecule has 2 aromatic rings. The molecule has 0 spiro atoms. The van der Waals surface area contributed by atoms with E-state index in [0.717, 1.165) is 18.4 Å². The third kappa shape index (κ3) is 5.47. The van der Waals surface area contributed by atoms with Gasteiger partial charge in [-0.1, -0.05) is 41.9 Å².